The Morgan fingerprint density at radius 2 is 0.795 bits per heavy atom. The summed E-state index contributed by atoms with van der Waals surface area (Å²) in [6.45, 7) is 0. The fourth-order valence-corrected chi connectivity index (χ4v) is 6.13. The molecule has 0 aliphatic carbocycles. The third-order valence-electron chi connectivity index (χ3n) is 8.27. The maximum atomic E-state index is 6.50. The zero-order chi connectivity index (χ0) is 29.3. The van der Waals surface area contributed by atoms with Gasteiger partial charge in [0.25, 0.3) is 0 Å². The van der Waals surface area contributed by atoms with Crippen LogP contribution in [0.4, 0.5) is 17.1 Å². The number of hydrogen-bond acceptors (Lipinski definition) is 2. The lowest BCUT2D eigenvalue weighted by Crippen LogP contribution is -2.10. The molecular weight excluding hydrogens is 534 g/mol. The molecule has 0 unspecified atom stereocenters. The molecule has 0 saturated carbocycles. The van der Waals surface area contributed by atoms with Crippen LogP contribution in [0.25, 0.3) is 55.3 Å². The zero-order valence-corrected chi connectivity index (χ0v) is 24.1. The molecule has 0 N–H and O–H groups in total. The summed E-state index contributed by atoms with van der Waals surface area (Å²) in [5, 5.41) is 2.26. The fraction of sp³-hybridized carbons (Fsp3) is 0. The first-order valence-corrected chi connectivity index (χ1v) is 14.9. The fourth-order valence-electron chi connectivity index (χ4n) is 6.13. The molecule has 0 spiro atoms. The SMILES string of the molecule is c1ccc(-c2ccc(N(c3ccc(-c4ccccc4)cc3)c3cc(-c4ccccc4)c4c(c3)oc3ccccc34)cc2)cc1. The van der Waals surface area contributed by atoms with E-state index < -0.39 is 0 Å². The number of furan rings is 1. The predicted octanol–water partition coefficient (Wildman–Crippen LogP) is 12.1. The molecular formula is C42H29NO. The molecule has 0 fully saturated rings. The molecule has 0 aliphatic rings. The van der Waals surface area contributed by atoms with Crippen molar-refractivity contribution in [3.05, 3.63) is 176 Å². The predicted molar refractivity (Wildman–Crippen MR) is 185 cm³/mol. The molecule has 2 nitrogen and oxygen atoms in total. The maximum Gasteiger partial charge on any atom is 0.138 e. The summed E-state index contributed by atoms with van der Waals surface area (Å²) in [5.74, 6) is 0. The summed E-state index contributed by atoms with van der Waals surface area (Å²) in [6, 6.07) is 62.1. The summed E-state index contributed by atoms with van der Waals surface area (Å²) in [7, 11) is 0. The monoisotopic (exact) mass is 563 g/mol. The second kappa shape index (κ2) is 11.1. The van der Waals surface area contributed by atoms with Crippen LogP contribution >= 0.6 is 0 Å². The van der Waals surface area contributed by atoms with Crippen molar-refractivity contribution in [2.45, 2.75) is 0 Å². The first-order valence-electron chi connectivity index (χ1n) is 14.9. The second-order valence-corrected chi connectivity index (χ2v) is 11.0. The van der Waals surface area contributed by atoms with E-state index in [0.717, 1.165) is 50.1 Å². The van der Waals surface area contributed by atoms with Crippen LogP contribution in [0.15, 0.2) is 180 Å². The van der Waals surface area contributed by atoms with E-state index in [-0.39, 0.29) is 0 Å². The summed E-state index contributed by atoms with van der Waals surface area (Å²) < 4.78 is 6.50. The molecule has 2 heteroatoms. The Kier molecular flexibility index (Phi) is 6.51. The van der Waals surface area contributed by atoms with Gasteiger partial charge in [0.15, 0.2) is 0 Å². The van der Waals surface area contributed by atoms with Crippen LogP contribution in [0, 0.1) is 0 Å². The standard InChI is InChI=1S/C42H29NO/c1-4-12-30(13-5-1)32-20-24-35(25-21-32)43(36-26-22-33(23-27-36)31-14-6-2-7-15-31)37-28-39(34-16-8-3-9-17-34)42-38-18-10-11-19-40(38)44-41(42)29-37/h1-29H. The van der Waals surface area contributed by atoms with Gasteiger partial charge in [-0.15, -0.1) is 0 Å². The zero-order valence-electron chi connectivity index (χ0n) is 24.1. The minimum atomic E-state index is 0.870. The smallest absolute Gasteiger partial charge is 0.138 e. The topological polar surface area (TPSA) is 16.4 Å². The minimum absolute atomic E-state index is 0.870. The van der Waals surface area contributed by atoms with Gasteiger partial charge in [0.2, 0.25) is 0 Å². The van der Waals surface area contributed by atoms with Gasteiger partial charge in [0, 0.05) is 28.2 Å². The van der Waals surface area contributed by atoms with Crippen LogP contribution in [-0.2, 0) is 0 Å². The average molecular weight is 564 g/mol. The minimum Gasteiger partial charge on any atom is -0.456 e. The Balaban J connectivity index is 1.33. The van der Waals surface area contributed by atoms with Crippen molar-refractivity contribution in [3.8, 4) is 33.4 Å². The van der Waals surface area contributed by atoms with E-state index in [2.05, 4.69) is 169 Å². The Bertz CT molecular complexity index is 2100. The summed E-state index contributed by atoms with van der Waals surface area (Å²) in [6.07, 6.45) is 0. The summed E-state index contributed by atoms with van der Waals surface area (Å²) >= 11 is 0. The van der Waals surface area contributed by atoms with Gasteiger partial charge in [-0.1, -0.05) is 133 Å². The van der Waals surface area contributed by atoms with E-state index in [9.17, 15) is 0 Å². The van der Waals surface area contributed by atoms with Gasteiger partial charge in [0.05, 0.1) is 5.69 Å². The molecule has 1 heterocycles. The van der Waals surface area contributed by atoms with Crippen molar-refractivity contribution in [2.75, 3.05) is 4.90 Å². The Hall–Kier alpha value is -5.86. The first-order chi connectivity index (χ1) is 21.8. The average Bonchev–Trinajstić information content (AvgIpc) is 3.48. The Labute approximate surface area is 257 Å². The summed E-state index contributed by atoms with van der Waals surface area (Å²) in [5.41, 5.74) is 12.0. The van der Waals surface area contributed by atoms with Gasteiger partial charge in [-0.25, -0.2) is 0 Å². The number of nitrogens with zero attached hydrogens (tertiary/aromatic N) is 1. The quantitative estimate of drug-likeness (QED) is 0.200. The van der Waals surface area contributed by atoms with Crippen molar-refractivity contribution >= 4 is 39.0 Å². The summed E-state index contributed by atoms with van der Waals surface area (Å²) in [4.78, 5) is 2.32. The molecule has 7 aromatic carbocycles. The third-order valence-corrected chi connectivity index (χ3v) is 8.27. The highest BCUT2D eigenvalue weighted by Crippen LogP contribution is 2.44. The number of hydrogen-bond donors (Lipinski definition) is 0. The molecule has 0 aliphatic heterocycles. The van der Waals surface area contributed by atoms with Crippen LogP contribution in [0.1, 0.15) is 0 Å². The van der Waals surface area contributed by atoms with Crippen molar-refractivity contribution in [1.29, 1.82) is 0 Å². The van der Waals surface area contributed by atoms with E-state index >= 15 is 0 Å². The largest absolute Gasteiger partial charge is 0.456 e. The molecule has 8 aromatic rings. The van der Waals surface area contributed by atoms with E-state index in [1.165, 1.54) is 22.3 Å². The van der Waals surface area contributed by atoms with Crippen LogP contribution in [-0.4, -0.2) is 0 Å². The third kappa shape index (κ3) is 4.73. The molecule has 0 bridgehead atoms. The molecule has 0 atom stereocenters. The van der Waals surface area contributed by atoms with Gasteiger partial charge in [0.1, 0.15) is 11.2 Å². The van der Waals surface area contributed by atoms with Crippen LogP contribution in [0.2, 0.25) is 0 Å². The molecule has 208 valence electrons. The lowest BCUT2D eigenvalue weighted by atomic mass is 9.97. The number of rotatable bonds is 6. The highest BCUT2D eigenvalue weighted by Gasteiger charge is 2.19. The normalized spacial score (nSPS) is 11.2. The number of benzene rings is 7. The Morgan fingerprint density at radius 3 is 1.34 bits per heavy atom. The van der Waals surface area contributed by atoms with Crippen molar-refractivity contribution in [3.63, 3.8) is 0 Å². The van der Waals surface area contributed by atoms with Crippen molar-refractivity contribution in [1.82, 2.24) is 0 Å². The highest BCUT2D eigenvalue weighted by molar-refractivity contribution is 6.14. The van der Waals surface area contributed by atoms with Crippen LogP contribution in [0.3, 0.4) is 0 Å². The molecule has 0 radical (unpaired) electrons. The van der Waals surface area contributed by atoms with E-state index in [1.54, 1.807) is 0 Å². The molecule has 0 amide bonds. The first kappa shape index (κ1) is 25.8. The van der Waals surface area contributed by atoms with Gasteiger partial charge in [-0.3, -0.25) is 0 Å². The van der Waals surface area contributed by atoms with E-state index in [1.807, 2.05) is 12.1 Å². The second-order valence-electron chi connectivity index (χ2n) is 11.0. The number of anilines is 3. The highest BCUT2D eigenvalue weighted by atomic mass is 16.3. The van der Waals surface area contributed by atoms with Crippen LogP contribution in [0.5, 0.6) is 0 Å². The van der Waals surface area contributed by atoms with Gasteiger partial charge in [-0.05, 0) is 69.8 Å². The maximum absolute atomic E-state index is 6.50. The Morgan fingerprint density at radius 1 is 0.341 bits per heavy atom. The number of fused-ring (bicyclic) bond motifs is 3. The van der Waals surface area contributed by atoms with Gasteiger partial charge < -0.3 is 9.32 Å². The molecule has 1 aromatic heterocycles. The lowest BCUT2D eigenvalue weighted by Gasteiger charge is -2.26. The van der Waals surface area contributed by atoms with Crippen molar-refractivity contribution < 1.29 is 4.42 Å². The number of para-hydroxylation sites is 1. The van der Waals surface area contributed by atoms with Gasteiger partial charge >= 0.3 is 0 Å². The molecule has 44 heavy (non-hydrogen) atoms. The molecule has 0 saturated heterocycles. The molecule has 8 rings (SSSR count). The van der Waals surface area contributed by atoms with Crippen molar-refractivity contribution in [2.24, 2.45) is 0 Å². The van der Waals surface area contributed by atoms with E-state index in [4.69, 9.17) is 4.42 Å². The lowest BCUT2D eigenvalue weighted by molar-refractivity contribution is 0.669. The van der Waals surface area contributed by atoms with Gasteiger partial charge in [-0.2, -0.15) is 0 Å². The van der Waals surface area contributed by atoms with E-state index in [0.29, 0.717) is 0 Å². The van der Waals surface area contributed by atoms with Crippen LogP contribution < -0.4 is 4.90 Å².